The summed E-state index contributed by atoms with van der Waals surface area (Å²) in [6.07, 6.45) is 1.66. The van der Waals surface area contributed by atoms with Gasteiger partial charge in [-0.05, 0) is 30.5 Å². The largest absolute Gasteiger partial charge is 0.481 e. The highest BCUT2D eigenvalue weighted by Gasteiger charge is 2.22. The van der Waals surface area contributed by atoms with Gasteiger partial charge in [0.15, 0.2) is 0 Å². The first-order chi connectivity index (χ1) is 10.0. The predicted molar refractivity (Wildman–Crippen MR) is 73.1 cm³/mol. The number of rotatable bonds is 6. The number of hydrogen-bond acceptors (Lipinski definition) is 3. The summed E-state index contributed by atoms with van der Waals surface area (Å²) in [5.74, 6) is -1.68. The van der Waals surface area contributed by atoms with Gasteiger partial charge in [0.05, 0.1) is 25.0 Å². The summed E-state index contributed by atoms with van der Waals surface area (Å²) in [5, 5.41) is 11.6. The Kier molecular flexibility index (Phi) is 5.27. The van der Waals surface area contributed by atoms with Gasteiger partial charge in [0.2, 0.25) is 5.91 Å². The van der Waals surface area contributed by atoms with Gasteiger partial charge in [-0.2, -0.15) is 0 Å². The molecule has 1 aromatic rings. The number of ether oxygens (including phenoxy) is 1. The van der Waals surface area contributed by atoms with Crippen LogP contribution in [0.4, 0.5) is 4.39 Å². The molecule has 2 N–H and O–H groups in total. The second kappa shape index (κ2) is 7.17. The zero-order chi connectivity index (χ0) is 15.2. The van der Waals surface area contributed by atoms with Gasteiger partial charge in [-0.3, -0.25) is 9.59 Å². The third kappa shape index (κ3) is 4.82. The molecule has 0 aromatic heterocycles. The number of carboxylic acid groups (broad SMARTS) is 1. The van der Waals surface area contributed by atoms with Gasteiger partial charge in [-0.25, -0.2) is 4.39 Å². The molecule has 0 unspecified atom stereocenters. The second-order valence-corrected chi connectivity index (χ2v) is 5.11. The number of halogens is 1. The Hall–Kier alpha value is -1.95. The molecule has 0 aliphatic carbocycles. The number of aliphatic carboxylic acids is 1. The molecular weight excluding hydrogens is 277 g/mol. The van der Waals surface area contributed by atoms with Crippen LogP contribution in [-0.2, 0) is 14.3 Å². The van der Waals surface area contributed by atoms with Crippen LogP contribution in [0, 0.1) is 5.82 Å². The zero-order valence-corrected chi connectivity index (χ0v) is 11.5. The highest BCUT2D eigenvalue weighted by Crippen LogP contribution is 2.19. The van der Waals surface area contributed by atoms with Gasteiger partial charge in [0.1, 0.15) is 5.82 Å². The molecule has 1 heterocycles. The SMILES string of the molecule is O=C(O)C[C@H](NC(=O)C[C@H]1CCCO1)c1ccc(F)cc1. The third-order valence-electron chi connectivity index (χ3n) is 3.42. The van der Waals surface area contributed by atoms with Crippen LogP contribution in [0.3, 0.4) is 0 Å². The number of amides is 1. The van der Waals surface area contributed by atoms with E-state index in [1.807, 2.05) is 0 Å². The molecule has 114 valence electrons. The smallest absolute Gasteiger partial charge is 0.305 e. The number of benzene rings is 1. The zero-order valence-electron chi connectivity index (χ0n) is 11.5. The molecule has 21 heavy (non-hydrogen) atoms. The van der Waals surface area contributed by atoms with Crippen molar-refractivity contribution in [1.29, 1.82) is 0 Å². The lowest BCUT2D eigenvalue weighted by molar-refractivity contribution is -0.137. The number of carbonyl (C=O) groups is 2. The van der Waals surface area contributed by atoms with Gasteiger partial charge in [0, 0.05) is 6.61 Å². The van der Waals surface area contributed by atoms with E-state index in [9.17, 15) is 14.0 Å². The van der Waals surface area contributed by atoms with Crippen molar-refractivity contribution in [3.63, 3.8) is 0 Å². The maximum atomic E-state index is 12.9. The Balaban J connectivity index is 1.99. The molecule has 1 aliphatic rings. The van der Waals surface area contributed by atoms with Crippen LogP contribution < -0.4 is 5.32 Å². The fraction of sp³-hybridized carbons (Fsp3) is 0.467. The van der Waals surface area contributed by atoms with E-state index in [-0.39, 0.29) is 24.9 Å². The minimum absolute atomic E-state index is 0.0938. The van der Waals surface area contributed by atoms with Crippen molar-refractivity contribution >= 4 is 11.9 Å². The van der Waals surface area contributed by atoms with Crippen molar-refractivity contribution < 1.29 is 23.8 Å². The molecule has 1 aliphatic heterocycles. The van der Waals surface area contributed by atoms with Crippen LogP contribution in [0.25, 0.3) is 0 Å². The van der Waals surface area contributed by atoms with Gasteiger partial charge >= 0.3 is 5.97 Å². The van der Waals surface area contributed by atoms with Crippen molar-refractivity contribution in [2.75, 3.05) is 6.61 Å². The Morgan fingerprint density at radius 2 is 2.10 bits per heavy atom. The molecule has 0 spiro atoms. The summed E-state index contributed by atoms with van der Waals surface area (Å²) in [6, 6.07) is 4.79. The molecular formula is C15H18FNO4. The van der Waals surface area contributed by atoms with Crippen LogP contribution in [0.15, 0.2) is 24.3 Å². The molecule has 1 aromatic carbocycles. The Bertz CT molecular complexity index is 497. The van der Waals surface area contributed by atoms with E-state index in [1.165, 1.54) is 24.3 Å². The number of carbonyl (C=O) groups excluding carboxylic acids is 1. The monoisotopic (exact) mass is 295 g/mol. The minimum Gasteiger partial charge on any atom is -0.481 e. The third-order valence-corrected chi connectivity index (χ3v) is 3.42. The summed E-state index contributed by atoms with van der Waals surface area (Å²) in [4.78, 5) is 22.9. The summed E-state index contributed by atoms with van der Waals surface area (Å²) < 4.78 is 18.3. The molecule has 2 rings (SSSR count). The Labute approximate surface area is 122 Å². The summed E-state index contributed by atoms with van der Waals surface area (Å²) in [7, 11) is 0. The highest BCUT2D eigenvalue weighted by atomic mass is 19.1. The molecule has 2 atom stereocenters. The van der Waals surface area contributed by atoms with Gasteiger partial charge in [-0.1, -0.05) is 12.1 Å². The quantitative estimate of drug-likeness (QED) is 0.842. The number of carboxylic acids is 1. The van der Waals surface area contributed by atoms with Crippen molar-refractivity contribution in [3.8, 4) is 0 Å². The van der Waals surface area contributed by atoms with E-state index in [1.54, 1.807) is 0 Å². The molecule has 0 bridgehead atoms. The minimum atomic E-state index is -1.03. The van der Waals surface area contributed by atoms with Crippen molar-refractivity contribution in [3.05, 3.63) is 35.6 Å². The van der Waals surface area contributed by atoms with Crippen LogP contribution in [-0.4, -0.2) is 29.7 Å². The van der Waals surface area contributed by atoms with Gasteiger partial charge in [0.25, 0.3) is 0 Å². The van der Waals surface area contributed by atoms with Crippen molar-refractivity contribution in [1.82, 2.24) is 5.32 Å². The van der Waals surface area contributed by atoms with E-state index >= 15 is 0 Å². The van der Waals surface area contributed by atoms with Crippen LogP contribution >= 0.6 is 0 Å². The van der Waals surface area contributed by atoms with E-state index in [4.69, 9.17) is 9.84 Å². The predicted octanol–water partition coefficient (Wildman–Crippen LogP) is 2.03. The van der Waals surface area contributed by atoms with E-state index in [0.717, 1.165) is 12.8 Å². The van der Waals surface area contributed by atoms with Crippen LogP contribution in [0.2, 0.25) is 0 Å². The van der Waals surface area contributed by atoms with E-state index in [0.29, 0.717) is 12.2 Å². The normalized spacial score (nSPS) is 19.2. The first-order valence-corrected chi connectivity index (χ1v) is 6.93. The summed E-state index contributed by atoms with van der Waals surface area (Å²) in [5.41, 5.74) is 0.569. The average molecular weight is 295 g/mol. The van der Waals surface area contributed by atoms with Crippen molar-refractivity contribution in [2.24, 2.45) is 0 Å². The van der Waals surface area contributed by atoms with Gasteiger partial charge in [-0.15, -0.1) is 0 Å². The Morgan fingerprint density at radius 3 is 2.67 bits per heavy atom. The van der Waals surface area contributed by atoms with Crippen LogP contribution in [0.5, 0.6) is 0 Å². The van der Waals surface area contributed by atoms with E-state index in [2.05, 4.69) is 5.32 Å². The lowest BCUT2D eigenvalue weighted by Crippen LogP contribution is -2.32. The average Bonchev–Trinajstić information content (AvgIpc) is 2.91. The number of nitrogens with one attached hydrogen (secondary N) is 1. The summed E-state index contributed by atoms with van der Waals surface area (Å²) >= 11 is 0. The fourth-order valence-electron chi connectivity index (χ4n) is 2.39. The lowest BCUT2D eigenvalue weighted by Gasteiger charge is -2.18. The molecule has 5 nitrogen and oxygen atoms in total. The van der Waals surface area contributed by atoms with Crippen molar-refractivity contribution in [2.45, 2.75) is 37.8 Å². The summed E-state index contributed by atoms with van der Waals surface area (Å²) in [6.45, 7) is 0.661. The van der Waals surface area contributed by atoms with E-state index < -0.39 is 17.8 Å². The first kappa shape index (κ1) is 15.4. The molecule has 1 saturated heterocycles. The fourth-order valence-corrected chi connectivity index (χ4v) is 2.39. The molecule has 1 amide bonds. The second-order valence-electron chi connectivity index (χ2n) is 5.11. The Morgan fingerprint density at radius 1 is 1.38 bits per heavy atom. The molecule has 0 radical (unpaired) electrons. The first-order valence-electron chi connectivity index (χ1n) is 6.93. The molecule has 1 fully saturated rings. The highest BCUT2D eigenvalue weighted by molar-refractivity contribution is 5.78. The topological polar surface area (TPSA) is 75.6 Å². The standard InChI is InChI=1S/C15H18FNO4/c16-11-5-3-10(4-6-11)13(9-15(19)20)17-14(18)8-12-2-1-7-21-12/h3-6,12-13H,1-2,7-9H2,(H,17,18)(H,19,20)/t12-,13+/m1/s1. The van der Waals surface area contributed by atoms with Gasteiger partial charge < -0.3 is 15.2 Å². The number of hydrogen-bond donors (Lipinski definition) is 2. The van der Waals surface area contributed by atoms with Crippen LogP contribution in [0.1, 0.15) is 37.3 Å². The molecule has 0 saturated carbocycles. The maximum Gasteiger partial charge on any atom is 0.305 e. The lowest BCUT2D eigenvalue weighted by atomic mass is 10.0. The molecule has 6 heteroatoms. The maximum absolute atomic E-state index is 12.9.